The summed E-state index contributed by atoms with van der Waals surface area (Å²) in [6.45, 7) is 4.90. The fourth-order valence-corrected chi connectivity index (χ4v) is 3.85. The Labute approximate surface area is 149 Å². The van der Waals surface area contributed by atoms with E-state index in [-0.39, 0.29) is 11.8 Å². The van der Waals surface area contributed by atoms with Crippen molar-refractivity contribution in [2.45, 2.75) is 63.7 Å². The number of hydrogen-bond acceptors (Lipinski definition) is 4. The highest BCUT2D eigenvalue weighted by atomic mass is 32.2. The first-order chi connectivity index (χ1) is 11.6. The molecule has 0 N–H and O–H groups in total. The lowest BCUT2D eigenvalue weighted by atomic mass is 10.0. The standard InChI is InChI=1S/C20H28O3S/c1-3-5-6-15(4-2)14-23-20(22)11-12-24-17-8-9-18-16(13-17)7-10-19(18)21/h8-9,13,15H,3-7,10-12,14H2,1-2H3/t15-/m0/s1. The highest BCUT2D eigenvalue weighted by Crippen LogP contribution is 2.28. The molecule has 0 unspecified atom stereocenters. The Hall–Kier alpha value is -1.29. The first kappa shape index (κ1) is 19.0. The maximum atomic E-state index is 11.9. The van der Waals surface area contributed by atoms with Crippen LogP contribution in [0.15, 0.2) is 23.1 Å². The van der Waals surface area contributed by atoms with E-state index in [0.29, 0.717) is 25.4 Å². The third-order valence-electron chi connectivity index (χ3n) is 4.60. The number of ketones is 1. The van der Waals surface area contributed by atoms with Crippen molar-refractivity contribution in [1.29, 1.82) is 0 Å². The Morgan fingerprint density at radius 3 is 2.88 bits per heavy atom. The molecule has 0 radical (unpaired) electrons. The zero-order valence-corrected chi connectivity index (χ0v) is 15.6. The molecule has 1 aromatic rings. The van der Waals surface area contributed by atoms with E-state index in [0.717, 1.165) is 41.0 Å². The maximum Gasteiger partial charge on any atom is 0.306 e. The fraction of sp³-hybridized carbons (Fsp3) is 0.600. The van der Waals surface area contributed by atoms with Crippen molar-refractivity contribution in [2.75, 3.05) is 12.4 Å². The molecule has 1 aliphatic carbocycles. The van der Waals surface area contributed by atoms with Gasteiger partial charge in [0.2, 0.25) is 0 Å². The zero-order chi connectivity index (χ0) is 17.4. The number of benzene rings is 1. The second-order valence-corrected chi connectivity index (χ2v) is 7.61. The number of carbonyl (C=O) groups excluding carboxylic acids is 2. The van der Waals surface area contributed by atoms with Gasteiger partial charge in [0.05, 0.1) is 13.0 Å². The summed E-state index contributed by atoms with van der Waals surface area (Å²) in [6, 6.07) is 5.99. The van der Waals surface area contributed by atoms with Crippen molar-refractivity contribution < 1.29 is 14.3 Å². The minimum absolute atomic E-state index is 0.103. The highest BCUT2D eigenvalue weighted by molar-refractivity contribution is 7.99. The van der Waals surface area contributed by atoms with E-state index in [1.165, 1.54) is 12.8 Å². The molecular formula is C20H28O3S. The molecular weight excluding hydrogens is 320 g/mol. The van der Waals surface area contributed by atoms with Gasteiger partial charge >= 0.3 is 5.97 Å². The molecule has 0 heterocycles. The summed E-state index contributed by atoms with van der Waals surface area (Å²) in [5, 5.41) is 0. The van der Waals surface area contributed by atoms with Gasteiger partial charge in [0.25, 0.3) is 0 Å². The number of Topliss-reactive ketones (excluding diaryl/α,β-unsaturated/α-hetero) is 1. The Kier molecular flexibility index (Phi) is 7.83. The van der Waals surface area contributed by atoms with Crippen LogP contribution in [0, 0.1) is 5.92 Å². The molecule has 0 aromatic heterocycles. The van der Waals surface area contributed by atoms with Crippen LogP contribution in [0.2, 0.25) is 0 Å². The highest BCUT2D eigenvalue weighted by Gasteiger charge is 2.19. The summed E-state index contributed by atoms with van der Waals surface area (Å²) in [5.74, 6) is 1.36. The van der Waals surface area contributed by atoms with Crippen LogP contribution in [0.1, 0.15) is 68.3 Å². The fourth-order valence-electron chi connectivity index (χ4n) is 2.95. The molecule has 2 rings (SSSR count). The Bertz CT molecular complexity index is 568. The topological polar surface area (TPSA) is 43.4 Å². The number of hydrogen-bond donors (Lipinski definition) is 0. The van der Waals surface area contributed by atoms with Crippen molar-refractivity contribution in [1.82, 2.24) is 0 Å². The maximum absolute atomic E-state index is 11.9. The molecule has 0 fully saturated rings. The van der Waals surface area contributed by atoms with E-state index in [4.69, 9.17) is 4.74 Å². The number of thioether (sulfide) groups is 1. The second-order valence-electron chi connectivity index (χ2n) is 6.44. The Morgan fingerprint density at radius 2 is 2.12 bits per heavy atom. The smallest absolute Gasteiger partial charge is 0.306 e. The second kappa shape index (κ2) is 9.87. The van der Waals surface area contributed by atoms with E-state index in [9.17, 15) is 9.59 Å². The van der Waals surface area contributed by atoms with Gasteiger partial charge in [0.1, 0.15) is 0 Å². The van der Waals surface area contributed by atoms with Crippen LogP contribution in [0.4, 0.5) is 0 Å². The number of aryl methyl sites for hydroxylation is 1. The van der Waals surface area contributed by atoms with Crippen molar-refractivity contribution in [3.63, 3.8) is 0 Å². The van der Waals surface area contributed by atoms with E-state index >= 15 is 0 Å². The molecule has 132 valence electrons. The molecule has 1 atom stereocenters. The quantitative estimate of drug-likeness (QED) is 0.438. The van der Waals surface area contributed by atoms with Gasteiger partial charge in [-0.1, -0.05) is 39.2 Å². The zero-order valence-electron chi connectivity index (χ0n) is 14.8. The van der Waals surface area contributed by atoms with Crippen molar-refractivity contribution in [3.8, 4) is 0 Å². The van der Waals surface area contributed by atoms with Crippen molar-refractivity contribution in [3.05, 3.63) is 29.3 Å². The first-order valence-corrected chi connectivity index (χ1v) is 10.1. The monoisotopic (exact) mass is 348 g/mol. The molecule has 0 saturated carbocycles. The molecule has 0 saturated heterocycles. The lowest BCUT2D eigenvalue weighted by molar-refractivity contribution is -0.144. The van der Waals surface area contributed by atoms with Gasteiger partial charge < -0.3 is 4.74 Å². The Balaban J connectivity index is 1.68. The lowest BCUT2D eigenvalue weighted by Crippen LogP contribution is -2.14. The first-order valence-electron chi connectivity index (χ1n) is 9.08. The van der Waals surface area contributed by atoms with Crippen LogP contribution in [0.5, 0.6) is 0 Å². The number of unbranched alkanes of at least 4 members (excludes halogenated alkanes) is 1. The number of esters is 1. The third-order valence-corrected chi connectivity index (χ3v) is 5.59. The van der Waals surface area contributed by atoms with Crippen LogP contribution in [-0.2, 0) is 16.0 Å². The normalized spacial score (nSPS) is 14.5. The average molecular weight is 349 g/mol. The van der Waals surface area contributed by atoms with Gasteiger partial charge in [-0.2, -0.15) is 0 Å². The van der Waals surface area contributed by atoms with E-state index in [1.54, 1.807) is 11.8 Å². The lowest BCUT2D eigenvalue weighted by Gasteiger charge is -2.14. The molecule has 0 bridgehead atoms. The van der Waals surface area contributed by atoms with Gasteiger partial charge in [-0.3, -0.25) is 9.59 Å². The summed E-state index contributed by atoms with van der Waals surface area (Å²) < 4.78 is 5.42. The summed E-state index contributed by atoms with van der Waals surface area (Å²) >= 11 is 1.66. The summed E-state index contributed by atoms with van der Waals surface area (Å²) in [4.78, 5) is 24.6. The largest absolute Gasteiger partial charge is 0.465 e. The number of carbonyl (C=O) groups is 2. The van der Waals surface area contributed by atoms with Crippen LogP contribution in [-0.4, -0.2) is 24.1 Å². The third kappa shape index (κ3) is 5.66. The molecule has 3 nitrogen and oxygen atoms in total. The van der Waals surface area contributed by atoms with Crippen LogP contribution >= 0.6 is 11.8 Å². The summed E-state index contributed by atoms with van der Waals surface area (Å²) in [6.07, 6.45) is 6.51. The van der Waals surface area contributed by atoms with E-state index in [2.05, 4.69) is 19.9 Å². The van der Waals surface area contributed by atoms with Crippen molar-refractivity contribution >= 4 is 23.5 Å². The predicted molar refractivity (Wildman–Crippen MR) is 98.7 cm³/mol. The SMILES string of the molecule is CCCC[C@H](CC)COC(=O)CCSc1ccc2c(c1)CCC2=O. The average Bonchev–Trinajstić information content (AvgIpc) is 2.96. The Morgan fingerprint density at radius 1 is 1.29 bits per heavy atom. The molecule has 4 heteroatoms. The minimum atomic E-state index is -0.103. The van der Waals surface area contributed by atoms with Gasteiger partial charge in [-0.05, 0) is 36.5 Å². The number of fused-ring (bicyclic) bond motifs is 1. The molecule has 0 amide bonds. The van der Waals surface area contributed by atoms with Crippen LogP contribution in [0.3, 0.4) is 0 Å². The number of ether oxygens (including phenoxy) is 1. The molecule has 0 spiro atoms. The molecule has 0 aliphatic heterocycles. The number of rotatable bonds is 10. The van der Waals surface area contributed by atoms with Crippen LogP contribution < -0.4 is 0 Å². The van der Waals surface area contributed by atoms with Gasteiger partial charge in [-0.25, -0.2) is 0 Å². The van der Waals surface area contributed by atoms with Gasteiger partial charge in [0, 0.05) is 22.6 Å². The van der Waals surface area contributed by atoms with E-state index < -0.39 is 0 Å². The minimum Gasteiger partial charge on any atom is -0.465 e. The van der Waals surface area contributed by atoms with Gasteiger partial charge in [0.15, 0.2) is 5.78 Å². The summed E-state index contributed by atoms with van der Waals surface area (Å²) in [5.41, 5.74) is 2.02. The molecule has 1 aliphatic rings. The van der Waals surface area contributed by atoms with Crippen LogP contribution in [0.25, 0.3) is 0 Å². The molecule has 1 aromatic carbocycles. The van der Waals surface area contributed by atoms with Gasteiger partial charge in [-0.15, -0.1) is 11.8 Å². The molecule has 24 heavy (non-hydrogen) atoms. The predicted octanol–water partition coefficient (Wildman–Crippen LogP) is 5.06. The summed E-state index contributed by atoms with van der Waals surface area (Å²) in [7, 11) is 0. The van der Waals surface area contributed by atoms with Crippen molar-refractivity contribution in [2.24, 2.45) is 5.92 Å². The van der Waals surface area contributed by atoms with E-state index in [1.807, 2.05) is 12.1 Å².